The zero-order valence-corrected chi connectivity index (χ0v) is 14.6. The van der Waals surface area contributed by atoms with Crippen LogP contribution in [0.2, 0.25) is 10.0 Å². The van der Waals surface area contributed by atoms with Crippen LogP contribution in [0.4, 0.5) is 0 Å². The molecule has 4 nitrogen and oxygen atoms in total. The van der Waals surface area contributed by atoms with Crippen molar-refractivity contribution in [2.45, 2.75) is 19.3 Å². The highest BCUT2D eigenvalue weighted by molar-refractivity contribution is 6.35. The van der Waals surface area contributed by atoms with E-state index in [1.165, 1.54) is 0 Å². The molecule has 22 heavy (non-hydrogen) atoms. The van der Waals surface area contributed by atoms with Crippen LogP contribution in [-0.4, -0.2) is 32.2 Å². The number of hydrogen-bond acceptors (Lipinski definition) is 3. The quantitative estimate of drug-likeness (QED) is 0.841. The van der Waals surface area contributed by atoms with Gasteiger partial charge >= 0.3 is 0 Å². The molecular formula is C15H21Cl3N2O2. The van der Waals surface area contributed by atoms with Crippen LogP contribution in [0.5, 0.6) is 0 Å². The van der Waals surface area contributed by atoms with Crippen molar-refractivity contribution >= 4 is 41.5 Å². The molecule has 0 radical (unpaired) electrons. The summed E-state index contributed by atoms with van der Waals surface area (Å²) < 4.78 is 5.31. The summed E-state index contributed by atoms with van der Waals surface area (Å²) in [5.74, 6) is -0.00326. The van der Waals surface area contributed by atoms with Crippen molar-refractivity contribution in [3.05, 3.63) is 33.8 Å². The lowest BCUT2D eigenvalue weighted by molar-refractivity contribution is -0.135. The Labute approximate surface area is 147 Å². The molecule has 0 aromatic heterocycles. The van der Waals surface area contributed by atoms with E-state index < -0.39 is 5.41 Å². The van der Waals surface area contributed by atoms with Crippen molar-refractivity contribution in [3.63, 3.8) is 0 Å². The van der Waals surface area contributed by atoms with Gasteiger partial charge in [0, 0.05) is 36.3 Å². The van der Waals surface area contributed by atoms with Crippen LogP contribution in [0.1, 0.15) is 18.4 Å². The summed E-state index contributed by atoms with van der Waals surface area (Å²) in [5, 5.41) is 4.20. The second-order valence-electron chi connectivity index (χ2n) is 5.30. The van der Waals surface area contributed by atoms with Crippen molar-refractivity contribution in [1.29, 1.82) is 0 Å². The fourth-order valence-corrected chi connectivity index (χ4v) is 3.13. The second-order valence-corrected chi connectivity index (χ2v) is 6.12. The minimum absolute atomic E-state index is 0. The van der Waals surface area contributed by atoms with Gasteiger partial charge in [0.25, 0.3) is 0 Å². The Hall–Kier alpha value is -0.520. The first-order chi connectivity index (χ1) is 10.1. The van der Waals surface area contributed by atoms with Crippen LogP contribution >= 0.6 is 35.6 Å². The largest absolute Gasteiger partial charge is 0.381 e. The lowest BCUT2D eigenvalue weighted by atomic mass is 9.79. The average molecular weight is 368 g/mol. The molecule has 1 fully saturated rings. The monoisotopic (exact) mass is 366 g/mol. The molecule has 1 amide bonds. The molecule has 1 aliphatic rings. The van der Waals surface area contributed by atoms with Gasteiger partial charge in [-0.3, -0.25) is 4.79 Å². The topological polar surface area (TPSA) is 64.4 Å². The molecule has 0 atom stereocenters. The zero-order chi connectivity index (χ0) is 15.3. The van der Waals surface area contributed by atoms with Gasteiger partial charge in [0.1, 0.15) is 0 Å². The van der Waals surface area contributed by atoms with Crippen LogP contribution < -0.4 is 11.1 Å². The summed E-state index contributed by atoms with van der Waals surface area (Å²) in [6, 6.07) is 5.40. The number of nitrogens with two attached hydrogens (primary N) is 1. The van der Waals surface area contributed by atoms with Gasteiger partial charge in [-0.2, -0.15) is 0 Å². The van der Waals surface area contributed by atoms with E-state index in [9.17, 15) is 4.79 Å². The van der Waals surface area contributed by atoms with E-state index in [1.807, 2.05) is 0 Å². The number of nitrogens with one attached hydrogen (secondary N) is 1. The summed E-state index contributed by atoms with van der Waals surface area (Å²) in [7, 11) is 0. The van der Waals surface area contributed by atoms with E-state index in [0.29, 0.717) is 55.6 Å². The van der Waals surface area contributed by atoms with Crippen LogP contribution in [-0.2, 0) is 16.0 Å². The minimum atomic E-state index is -0.497. The highest BCUT2D eigenvalue weighted by atomic mass is 35.5. The Morgan fingerprint density at radius 1 is 1.27 bits per heavy atom. The lowest BCUT2D eigenvalue weighted by Crippen LogP contribution is -2.49. The molecule has 124 valence electrons. The molecule has 7 heteroatoms. The first kappa shape index (κ1) is 19.5. The molecule has 1 heterocycles. The molecule has 1 aromatic rings. The third-order valence-electron chi connectivity index (χ3n) is 4.04. The number of carbonyl (C=O) groups excluding carboxylic acids is 1. The van der Waals surface area contributed by atoms with Gasteiger partial charge in [-0.15, -0.1) is 12.4 Å². The Bertz CT molecular complexity index is 485. The van der Waals surface area contributed by atoms with Crippen LogP contribution in [0.25, 0.3) is 0 Å². The first-order valence-corrected chi connectivity index (χ1v) is 7.84. The highest BCUT2D eigenvalue weighted by Crippen LogP contribution is 2.29. The summed E-state index contributed by atoms with van der Waals surface area (Å²) in [6.45, 7) is 2.00. The Morgan fingerprint density at radius 3 is 2.41 bits per heavy atom. The van der Waals surface area contributed by atoms with Crippen LogP contribution in [0.3, 0.4) is 0 Å². The van der Waals surface area contributed by atoms with E-state index in [4.69, 9.17) is 33.7 Å². The molecule has 0 saturated carbocycles. The number of carbonyl (C=O) groups is 1. The maximum absolute atomic E-state index is 12.4. The molecule has 0 bridgehead atoms. The number of amides is 1. The summed E-state index contributed by atoms with van der Waals surface area (Å²) in [4.78, 5) is 12.4. The maximum Gasteiger partial charge on any atom is 0.227 e. The fraction of sp³-hybridized carbons (Fsp3) is 0.533. The highest BCUT2D eigenvalue weighted by Gasteiger charge is 2.38. The van der Waals surface area contributed by atoms with Gasteiger partial charge in [0.05, 0.1) is 5.41 Å². The van der Waals surface area contributed by atoms with Gasteiger partial charge in [0.15, 0.2) is 0 Å². The minimum Gasteiger partial charge on any atom is -0.381 e. The molecule has 0 spiro atoms. The first-order valence-electron chi connectivity index (χ1n) is 7.08. The number of hydrogen-bond donors (Lipinski definition) is 2. The van der Waals surface area contributed by atoms with E-state index in [2.05, 4.69) is 5.32 Å². The normalized spacial score (nSPS) is 16.7. The van der Waals surface area contributed by atoms with E-state index in [1.54, 1.807) is 18.2 Å². The van der Waals surface area contributed by atoms with Crippen molar-refractivity contribution in [2.24, 2.45) is 11.1 Å². The third kappa shape index (κ3) is 4.49. The predicted molar refractivity (Wildman–Crippen MR) is 92.0 cm³/mol. The van der Waals surface area contributed by atoms with Gasteiger partial charge in [0.2, 0.25) is 5.91 Å². The van der Waals surface area contributed by atoms with Crippen molar-refractivity contribution in [2.75, 3.05) is 26.3 Å². The number of ether oxygens (including phenoxy) is 1. The third-order valence-corrected chi connectivity index (χ3v) is 4.75. The standard InChI is InChI=1S/C15H20Cl2N2O2.ClH/c16-12-2-1-3-13(17)11(12)4-7-19-14(20)15(10-18)5-8-21-9-6-15;/h1-3H,4-10,18H2,(H,19,20);1H. The smallest absolute Gasteiger partial charge is 0.227 e. The van der Waals surface area contributed by atoms with Gasteiger partial charge in [-0.1, -0.05) is 29.3 Å². The molecule has 1 aromatic carbocycles. The van der Waals surface area contributed by atoms with Crippen LogP contribution in [0, 0.1) is 5.41 Å². The molecule has 1 saturated heterocycles. The predicted octanol–water partition coefficient (Wildman–Crippen LogP) is 2.83. The summed E-state index contributed by atoms with van der Waals surface area (Å²) >= 11 is 12.2. The number of halogens is 3. The molecular weight excluding hydrogens is 347 g/mol. The molecule has 2 rings (SSSR count). The summed E-state index contributed by atoms with van der Waals surface area (Å²) in [5.41, 5.74) is 6.17. The van der Waals surface area contributed by atoms with Gasteiger partial charge < -0.3 is 15.8 Å². The Kier molecular flexibility index (Phi) is 7.94. The van der Waals surface area contributed by atoms with Crippen molar-refractivity contribution < 1.29 is 9.53 Å². The van der Waals surface area contributed by atoms with Gasteiger partial charge in [-0.25, -0.2) is 0 Å². The SMILES string of the molecule is Cl.NCC1(C(=O)NCCc2c(Cl)cccc2Cl)CCOCC1. The molecule has 0 unspecified atom stereocenters. The van der Waals surface area contributed by atoms with E-state index >= 15 is 0 Å². The van der Waals surface area contributed by atoms with E-state index in [-0.39, 0.29) is 18.3 Å². The Balaban J connectivity index is 0.00000242. The average Bonchev–Trinajstić information content (AvgIpc) is 2.50. The molecule has 0 aliphatic carbocycles. The van der Waals surface area contributed by atoms with Crippen molar-refractivity contribution in [3.8, 4) is 0 Å². The molecule has 3 N–H and O–H groups in total. The molecule has 1 aliphatic heterocycles. The van der Waals surface area contributed by atoms with Gasteiger partial charge in [-0.05, 0) is 37.0 Å². The van der Waals surface area contributed by atoms with Crippen molar-refractivity contribution in [1.82, 2.24) is 5.32 Å². The zero-order valence-electron chi connectivity index (χ0n) is 12.2. The fourth-order valence-electron chi connectivity index (χ4n) is 2.55. The summed E-state index contributed by atoms with van der Waals surface area (Å²) in [6.07, 6.45) is 1.94. The second kappa shape index (κ2) is 8.94. The number of rotatable bonds is 5. The Morgan fingerprint density at radius 2 is 1.86 bits per heavy atom. The maximum atomic E-state index is 12.4. The number of benzene rings is 1. The van der Waals surface area contributed by atoms with Crippen LogP contribution in [0.15, 0.2) is 18.2 Å². The lowest BCUT2D eigenvalue weighted by Gasteiger charge is -2.34. The van der Waals surface area contributed by atoms with E-state index in [0.717, 1.165) is 5.56 Å².